The summed E-state index contributed by atoms with van der Waals surface area (Å²) in [6.45, 7) is 1.34. The SMILES string of the molecule is Cc1ccc([N+](=O)[O-])cc1NC(=O)CN1C(=O)[C@@H]2[C@@H](C1=O)[C@H]1C=C[C@H]2C1. The number of fused-ring (bicyclic) bond motifs is 5. The van der Waals surface area contributed by atoms with Gasteiger partial charge in [0.1, 0.15) is 6.54 Å². The summed E-state index contributed by atoms with van der Waals surface area (Å²) in [5.74, 6) is -1.63. The number of imide groups is 1. The minimum Gasteiger partial charge on any atom is -0.324 e. The molecule has 2 fully saturated rings. The van der Waals surface area contributed by atoms with Gasteiger partial charge in [0.25, 0.3) is 5.69 Å². The molecule has 1 aromatic rings. The maximum atomic E-state index is 12.6. The number of carbonyl (C=O) groups excluding carboxylic acids is 3. The van der Waals surface area contributed by atoms with Gasteiger partial charge < -0.3 is 5.32 Å². The molecule has 1 saturated heterocycles. The first-order chi connectivity index (χ1) is 12.4. The zero-order valence-corrected chi connectivity index (χ0v) is 14.0. The van der Waals surface area contributed by atoms with Crippen LogP contribution in [0.15, 0.2) is 30.4 Å². The van der Waals surface area contributed by atoms with Crippen LogP contribution in [0.5, 0.6) is 0 Å². The number of nitrogens with zero attached hydrogens (tertiary/aromatic N) is 2. The maximum Gasteiger partial charge on any atom is 0.271 e. The van der Waals surface area contributed by atoms with Gasteiger partial charge in [-0.2, -0.15) is 0 Å². The molecule has 3 aliphatic rings. The molecule has 0 radical (unpaired) electrons. The molecule has 8 heteroatoms. The summed E-state index contributed by atoms with van der Waals surface area (Å²) < 4.78 is 0. The van der Waals surface area contributed by atoms with Crippen molar-refractivity contribution in [1.82, 2.24) is 4.90 Å². The van der Waals surface area contributed by atoms with Gasteiger partial charge >= 0.3 is 0 Å². The lowest BCUT2D eigenvalue weighted by Gasteiger charge is -2.17. The van der Waals surface area contributed by atoms with Crippen LogP contribution in [0.25, 0.3) is 0 Å². The zero-order chi connectivity index (χ0) is 18.6. The molecule has 8 nitrogen and oxygen atoms in total. The van der Waals surface area contributed by atoms with Crippen molar-refractivity contribution in [2.45, 2.75) is 13.3 Å². The normalized spacial score (nSPS) is 28.6. The highest BCUT2D eigenvalue weighted by Crippen LogP contribution is 2.52. The standard InChI is InChI=1S/C18H17N3O5/c1-9-2-5-12(21(25)26)7-13(9)19-14(22)8-20-17(23)15-10-3-4-11(6-10)16(15)18(20)24/h2-5,7,10-11,15-16H,6,8H2,1H3,(H,19,22)/t10-,11-,15-,16-/m0/s1. The summed E-state index contributed by atoms with van der Waals surface area (Å²) in [4.78, 5) is 48.9. The first-order valence-electron chi connectivity index (χ1n) is 8.45. The third-order valence-electron chi connectivity index (χ3n) is 5.57. The Balaban J connectivity index is 1.48. The first kappa shape index (κ1) is 16.4. The van der Waals surface area contributed by atoms with Crippen LogP contribution in [-0.4, -0.2) is 34.1 Å². The number of anilines is 1. The highest BCUT2D eigenvalue weighted by atomic mass is 16.6. The summed E-state index contributed by atoms with van der Waals surface area (Å²) in [5.41, 5.74) is 0.809. The van der Waals surface area contributed by atoms with Crippen molar-refractivity contribution in [2.75, 3.05) is 11.9 Å². The van der Waals surface area contributed by atoms with Crippen LogP contribution in [0.2, 0.25) is 0 Å². The minimum atomic E-state index is -0.549. The van der Waals surface area contributed by atoms with Crippen molar-refractivity contribution in [3.05, 3.63) is 46.0 Å². The number of carbonyl (C=O) groups is 3. The number of aryl methyl sites for hydroxylation is 1. The second kappa shape index (κ2) is 5.76. The molecule has 1 heterocycles. The van der Waals surface area contributed by atoms with E-state index < -0.39 is 10.8 Å². The first-order valence-corrected chi connectivity index (χ1v) is 8.45. The Morgan fingerprint density at radius 1 is 1.23 bits per heavy atom. The molecular weight excluding hydrogens is 338 g/mol. The van der Waals surface area contributed by atoms with Gasteiger partial charge in [-0.05, 0) is 30.7 Å². The van der Waals surface area contributed by atoms with Crippen LogP contribution in [0.3, 0.4) is 0 Å². The molecule has 1 aromatic carbocycles. The van der Waals surface area contributed by atoms with E-state index in [4.69, 9.17) is 0 Å². The van der Waals surface area contributed by atoms with Crippen molar-refractivity contribution < 1.29 is 19.3 Å². The Labute approximate surface area is 149 Å². The third-order valence-corrected chi connectivity index (χ3v) is 5.57. The Bertz CT molecular complexity index is 848. The van der Waals surface area contributed by atoms with E-state index in [1.54, 1.807) is 6.92 Å². The number of benzene rings is 1. The second-order valence-electron chi connectivity index (χ2n) is 7.07. The number of amides is 3. The van der Waals surface area contributed by atoms with E-state index in [1.165, 1.54) is 18.2 Å². The van der Waals surface area contributed by atoms with E-state index in [9.17, 15) is 24.5 Å². The topological polar surface area (TPSA) is 110 Å². The highest BCUT2D eigenvalue weighted by Gasteiger charge is 2.59. The van der Waals surface area contributed by atoms with Gasteiger partial charge in [-0.25, -0.2) is 0 Å². The number of rotatable bonds is 4. The molecule has 26 heavy (non-hydrogen) atoms. The molecule has 4 atom stereocenters. The average Bonchev–Trinajstić information content (AvgIpc) is 3.26. The molecule has 0 spiro atoms. The van der Waals surface area contributed by atoms with Crippen molar-refractivity contribution in [2.24, 2.45) is 23.7 Å². The second-order valence-corrected chi connectivity index (χ2v) is 7.07. The van der Waals surface area contributed by atoms with Gasteiger partial charge in [-0.3, -0.25) is 29.4 Å². The molecule has 2 bridgehead atoms. The summed E-state index contributed by atoms with van der Waals surface area (Å²) in [6, 6.07) is 4.15. The van der Waals surface area contributed by atoms with Crippen molar-refractivity contribution in [1.29, 1.82) is 0 Å². The van der Waals surface area contributed by atoms with Gasteiger partial charge in [0.05, 0.1) is 22.4 Å². The smallest absolute Gasteiger partial charge is 0.271 e. The molecule has 1 N–H and O–H groups in total. The number of nitro benzene ring substituents is 1. The number of non-ortho nitro benzene ring substituents is 1. The van der Waals surface area contributed by atoms with Gasteiger partial charge in [-0.1, -0.05) is 18.2 Å². The Hall–Kier alpha value is -3.03. The van der Waals surface area contributed by atoms with Gasteiger partial charge in [-0.15, -0.1) is 0 Å². The Morgan fingerprint density at radius 3 is 2.42 bits per heavy atom. The van der Waals surface area contributed by atoms with E-state index in [-0.39, 0.29) is 47.7 Å². The molecule has 4 rings (SSSR count). The summed E-state index contributed by atoms with van der Waals surface area (Å²) in [6.07, 6.45) is 4.82. The summed E-state index contributed by atoms with van der Waals surface area (Å²) in [7, 11) is 0. The number of hydrogen-bond donors (Lipinski definition) is 1. The molecule has 1 saturated carbocycles. The lowest BCUT2D eigenvalue weighted by Crippen LogP contribution is -2.39. The van der Waals surface area contributed by atoms with E-state index in [0.717, 1.165) is 11.3 Å². The molecule has 0 aromatic heterocycles. The van der Waals surface area contributed by atoms with Gasteiger partial charge in [0.15, 0.2) is 0 Å². The summed E-state index contributed by atoms with van der Waals surface area (Å²) >= 11 is 0. The van der Waals surface area contributed by atoms with E-state index >= 15 is 0 Å². The Morgan fingerprint density at radius 2 is 1.85 bits per heavy atom. The number of allylic oxidation sites excluding steroid dienone is 2. The predicted octanol–water partition coefficient (Wildman–Crippen LogP) is 1.65. The van der Waals surface area contributed by atoms with Crippen LogP contribution in [0.1, 0.15) is 12.0 Å². The van der Waals surface area contributed by atoms with Crippen molar-refractivity contribution in [3.8, 4) is 0 Å². The lowest BCUT2D eigenvalue weighted by molar-refractivity contribution is -0.384. The van der Waals surface area contributed by atoms with E-state index in [1.807, 2.05) is 12.2 Å². The van der Waals surface area contributed by atoms with Crippen LogP contribution in [0.4, 0.5) is 11.4 Å². The van der Waals surface area contributed by atoms with E-state index in [0.29, 0.717) is 11.3 Å². The van der Waals surface area contributed by atoms with E-state index in [2.05, 4.69) is 5.32 Å². The monoisotopic (exact) mass is 355 g/mol. The van der Waals surface area contributed by atoms with Crippen molar-refractivity contribution >= 4 is 29.1 Å². The molecular formula is C18H17N3O5. The number of hydrogen-bond acceptors (Lipinski definition) is 5. The largest absolute Gasteiger partial charge is 0.324 e. The molecule has 2 aliphatic carbocycles. The zero-order valence-electron chi connectivity index (χ0n) is 14.0. The van der Waals surface area contributed by atoms with Crippen LogP contribution in [0, 0.1) is 40.7 Å². The third kappa shape index (κ3) is 2.40. The molecule has 134 valence electrons. The fourth-order valence-electron chi connectivity index (χ4n) is 4.31. The average molecular weight is 355 g/mol. The molecule has 0 unspecified atom stereocenters. The number of nitro groups is 1. The van der Waals surface area contributed by atoms with Gasteiger partial charge in [0.2, 0.25) is 17.7 Å². The van der Waals surface area contributed by atoms with Crippen molar-refractivity contribution in [3.63, 3.8) is 0 Å². The fraction of sp³-hybridized carbons (Fsp3) is 0.389. The van der Waals surface area contributed by atoms with Crippen LogP contribution >= 0.6 is 0 Å². The van der Waals surface area contributed by atoms with Crippen LogP contribution < -0.4 is 5.32 Å². The van der Waals surface area contributed by atoms with Crippen LogP contribution in [-0.2, 0) is 14.4 Å². The Kier molecular flexibility index (Phi) is 3.64. The number of nitrogens with one attached hydrogen (secondary N) is 1. The maximum absolute atomic E-state index is 12.6. The minimum absolute atomic E-state index is 0.0912. The highest BCUT2D eigenvalue weighted by molar-refractivity contribution is 6.09. The quantitative estimate of drug-likeness (QED) is 0.382. The molecule has 3 amide bonds. The fourth-order valence-corrected chi connectivity index (χ4v) is 4.31. The molecule has 1 aliphatic heterocycles. The predicted molar refractivity (Wildman–Crippen MR) is 90.9 cm³/mol. The lowest BCUT2D eigenvalue weighted by atomic mass is 9.85. The van der Waals surface area contributed by atoms with Gasteiger partial charge in [0, 0.05) is 12.1 Å². The summed E-state index contributed by atoms with van der Waals surface area (Å²) in [5, 5.41) is 13.5. The number of likely N-dealkylation sites (tertiary alicyclic amines) is 1.